The van der Waals surface area contributed by atoms with E-state index in [-0.39, 0.29) is 12.0 Å². The highest BCUT2D eigenvalue weighted by Crippen LogP contribution is 2.31. The number of aliphatic hydroxyl groups is 1. The van der Waals surface area contributed by atoms with Crippen LogP contribution in [0.25, 0.3) is 0 Å². The molecule has 0 aliphatic carbocycles. The molecule has 1 aliphatic heterocycles. The van der Waals surface area contributed by atoms with Gasteiger partial charge < -0.3 is 19.5 Å². The molecule has 0 saturated carbocycles. The largest absolute Gasteiger partial charge is 0.497 e. The maximum atomic E-state index is 12.1. The zero-order valence-electron chi connectivity index (χ0n) is 13.7. The second-order valence-electron chi connectivity index (χ2n) is 6.69. The van der Waals surface area contributed by atoms with E-state index in [2.05, 4.69) is 0 Å². The van der Waals surface area contributed by atoms with E-state index in [1.807, 2.05) is 45.0 Å². The Morgan fingerprint density at radius 2 is 1.95 bits per heavy atom. The topological polar surface area (TPSA) is 59.0 Å². The molecule has 2 rings (SSSR count). The van der Waals surface area contributed by atoms with E-state index < -0.39 is 11.7 Å². The predicted octanol–water partition coefficient (Wildman–Crippen LogP) is 2.99. The molecule has 5 nitrogen and oxygen atoms in total. The van der Waals surface area contributed by atoms with Gasteiger partial charge in [0.15, 0.2) is 0 Å². The van der Waals surface area contributed by atoms with Crippen molar-refractivity contribution in [2.75, 3.05) is 20.2 Å². The number of hydrogen-bond acceptors (Lipinski definition) is 4. The summed E-state index contributed by atoms with van der Waals surface area (Å²) in [5.74, 6) is 0.790. The van der Waals surface area contributed by atoms with E-state index in [0.29, 0.717) is 13.1 Å². The number of amides is 1. The molecular formula is C17H25NO4. The average molecular weight is 307 g/mol. The average Bonchev–Trinajstić information content (AvgIpc) is 2.95. The fourth-order valence-electron chi connectivity index (χ4n) is 2.61. The monoisotopic (exact) mass is 307 g/mol. The summed E-state index contributed by atoms with van der Waals surface area (Å²) < 4.78 is 10.5. The number of rotatable bonds is 3. The fourth-order valence-corrected chi connectivity index (χ4v) is 2.61. The maximum absolute atomic E-state index is 12.1. The molecule has 0 radical (unpaired) electrons. The van der Waals surface area contributed by atoms with Crippen molar-refractivity contribution >= 4 is 6.09 Å². The predicted molar refractivity (Wildman–Crippen MR) is 83.9 cm³/mol. The Morgan fingerprint density at radius 3 is 2.50 bits per heavy atom. The third kappa shape index (κ3) is 4.13. The molecule has 1 aromatic carbocycles. The molecule has 1 N–H and O–H groups in total. The van der Waals surface area contributed by atoms with Crippen LogP contribution in [0, 0.1) is 5.92 Å². The summed E-state index contributed by atoms with van der Waals surface area (Å²) >= 11 is 0. The molecule has 1 aliphatic rings. The molecule has 22 heavy (non-hydrogen) atoms. The Balaban J connectivity index is 1.95. The first kappa shape index (κ1) is 16.6. The summed E-state index contributed by atoms with van der Waals surface area (Å²) in [6.07, 6.45) is -0.123. The Bertz CT molecular complexity index is 506. The Labute approximate surface area is 131 Å². The highest BCUT2D eigenvalue weighted by molar-refractivity contribution is 5.68. The highest BCUT2D eigenvalue weighted by Gasteiger charge is 2.33. The van der Waals surface area contributed by atoms with Gasteiger partial charge in [0.1, 0.15) is 11.4 Å². The van der Waals surface area contributed by atoms with Crippen LogP contribution in [0.5, 0.6) is 5.75 Å². The quantitative estimate of drug-likeness (QED) is 0.932. The number of carbonyl (C=O) groups excluding carboxylic acids is 1. The van der Waals surface area contributed by atoms with E-state index in [1.165, 1.54) is 0 Å². The van der Waals surface area contributed by atoms with Crippen LogP contribution in [0.2, 0.25) is 0 Å². The van der Waals surface area contributed by atoms with Gasteiger partial charge in [0.05, 0.1) is 13.2 Å². The van der Waals surface area contributed by atoms with Crippen LogP contribution < -0.4 is 4.74 Å². The van der Waals surface area contributed by atoms with Gasteiger partial charge in [-0.1, -0.05) is 12.1 Å². The molecule has 1 heterocycles. The van der Waals surface area contributed by atoms with Crippen molar-refractivity contribution in [1.82, 2.24) is 4.90 Å². The molecule has 1 fully saturated rings. The standard InChI is InChI=1S/C17H25NO4/c1-17(2,3)22-16(20)18-10-9-13(11-18)15(19)12-5-7-14(21-4)8-6-12/h5-8,13,15,19H,9-11H2,1-4H3. The van der Waals surface area contributed by atoms with Crippen molar-refractivity contribution in [3.63, 3.8) is 0 Å². The number of hydrogen-bond donors (Lipinski definition) is 1. The van der Waals surface area contributed by atoms with Crippen LogP contribution in [-0.2, 0) is 4.74 Å². The van der Waals surface area contributed by atoms with Gasteiger partial charge in [-0.2, -0.15) is 0 Å². The van der Waals surface area contributed by atoms with E-state index in [0.717, 1.165) is 17.7 Å². The van der Waals surface area contributed by atoms with E-state index >= 15 is 0 Å². The molecule has 2 atom stereocenters. The zero-order chi connectivity index (χ0) is 16.3. The van der Waals surface area contributed by atoms with Crippen molar-refractivity contribution in [1.29, 1.82) is 0 Å². The van der Waals surface area contributed by atoms with Gasteiger partial charge in [0.25, 0.3) is 0 Å². The van der Waals surface area contributed by atoms with Gasteiger partial charge in [-0.15, -0.1) is 0 Å². The molecule has 0 spiro atoms. The molecule has 122 valence electrons. The maximum Gasteiger partial charge on any atom is 0.410 e. The normalized spacial score (nSPS) is 19.9. The Kier molecular flexibility index (Phi) is 4.96. The van der Waals surface area contributed by atoms with E-state index in [4.69, 9.17) is 9.47 Å². The van der Waals surface area contributed by atoms with Crippen molar-refractivity contribution < 1.29 is 19.4 Å². The molecule has 2 unspecified atom stereocenters. The minimum Gasteiger partial charge on any atom is -0.497 e. The van der Waals surface area contributed by atoms with Gasteiger partial charge in [-0.05, 0) is 44.9 Å². The molecular weight excluding hydrogens is 282 g/mol. The Hall–Kier alpha value is -1.75. The summed E-state index contributed by atoms with van der Waals surface area (Å²) in [7, 11) is 1.61. The third-order valence-corrected chi connectivity index (χ3v) is 3.78. The van der Waals surface area contributed by atoms with Crippen LogP contribution in [0.3, 0.4) is 0 Å². The first-order valence-corrected chi connectivity index (χ1v) is 7.60. The lowest BCUT2D eigenvalue weighted by molar-refractivity contribution is 0.0268. The van der Waals surface area contributed by atoms with Crippen LogP contribution in [-0.4, -0.2) is 41.9 Å². The van der Waals surface area contributed by atoms with Gasteiger partial charge in [0, 0.05) is 19.0 Å². The summed E-state index contributed by atoms with van der Waals surface area (Å²) in [4.78, 5) is 13.7. The second-order valence-corrected chi connectivity index (χ2v) is 6.69. The van der Waals surface area contributed by atoms with Crippen LogP contribution in [0.4, 0.5) is 4.79 Å². The summed E-state index contributed by atoms with van der Waals surface area (Å²) in [6, 6.07) is 7.39. The molecule has 0 aromatic heterocycles. The number of carbonyl (C=O) groups is 1. The van der Waals surface area contributed by atoms with Gasteiger partial charge in [0.2, 0.25) is 0 Å². The van der Waals surface area contributed by atoms with Crippen LogP contribution in [0.1, 0.15) is 38.9 Å². The van der Waals surface area contributed by atoms with Crippen LogP contribution >= 0.6 is 0 Å². The van der Waals surface area contributed by atoms with Crippen LogP contribution in [0.15, 0.2) is 24.3 Å². The summed E-state index contributed by atoms with van der Waals surface area (Å²) in [5.41, 5.74) is 0.348. The minimum absolute atomic E-state index is 0.0286. The van der Waals surface area contributed by atoms with Crippen molar-refractivity contribution in [3.8, 4) is 5.75 Å². The fraction of sp³-hybridized carbons (Fsp3) is 0.588. The smallest absolute Gasteiger partial charge is 0.410 e. The van der Waals surface area contributed by atoms with Crippen molar-refractivity contribution in [2.45, 2.75) is 38.9 Å². The number of methoxy groups -OCH3 is 1. The lowest BCUT2D eigenvalue weighted by Gasteiger charge is -2.25. The SMILES string of the molecule is COc1ccc(C(O)C2CCN(C(=O)OC(C)(C)C)C2)cc1. The molecule has 5 heteroatoms. The van der Waals surface area contributed by atoms with Gasteiger partial charge in [-0.3, -0.25) is 0 Å². The third-order valence-electron chi connectivity index (χ3n) is 3.78. The first-order valence-electron chi connectivity index (χ1n) is 7.60. The molecule has 0 bridgehead atoms. The van der Waals surface area contributed by atoms with Crippen molar-refractivity contribution in [2.24, 2.45) is 5.92 Å². The van der Waals surface area contributed by atoms with Gasteiger partial charge >= 0.3 is 6.09 Å². The second kappa shape index (κ2) is 6.57. The van der Waals surface area contributed by atoms with Gasteiger partial charge in [-0.25, -0.2) is 4.79 Å². The van der Waals surface area contributed by atoms with E-state index in [1.54, 1.807) is 12.0 Å². The zero-order valence-corrected chi connectivity index (χ0v) is 13.7. The first-order chi connectivity index (χ1) is 10.3. The number of likely N-dealkylation sites (tertiary alicyclic amines) is 1. The number of benzene rings is 1. The number of aliphatic hydroxyl groups excluding tert-OH is 1. The minimum atomic E-state index is -0.585. The summed E-state index contributed by atoms with van der Waals surface area (Å²) in [5, 5.41) is 10.5. The highest BCUT2D eigenvalue weighted by atomic mass is 16.6. The molecule has 1 amide bonds. The van der Waals surface area contributed by atoms with Crippen molar-refractivity contribution in [3.05, 3.63) is 29.8 Å². The number of ether oxygens (including phenoxy) is 2. The lowest BCUT2D eigenvalue weighted by atomic mass is 9.95. The molecule has 1 saturated heterocycles. The summed E-state index contributed by atoms with van der Waals surface area (Å²) in [6.45, 7) is 6.69. The van der Waals surface area contributed by atoms with E-state index in [9.17, 15) is 9.90 Å². The molecule has 1 aromatic rings. The lowest BCUT2D eigenvalue weighted by Crippen LogP contribution is -2.35. The Morgan fingerprint density at radius 1 is 1.32 bits per heavy atom. The number of nitrogens with zero attached hydrogens (tertiary/aromatic N) is 1.